The fourth-order valence-electron chi connectivity index (χ4n) is 4.02. The van der Waals surface area contributed by atoms with Gasteiger partial charge in [0.25, 0.3) is 0 Å². The van der Waals surface area contributed by atoms with Gasteiger partial charge >= 0.3 is 0 Å². The van der Waals surface area contributed by atoms with Crippen molar-refractivity contribution in [3.63, 3.8) is 0 Å². The van der Waals surface area contributed by atoms with E-state index in [2.05, 4.69) is 59.6 Å². The summed E-state index contributed by atoms with van der Waals surface area (Å²) < 4.78 is 11.7. The number of rotatable bonds is 2. The van der Waals surface area contributed by atoms with Crippen LogP contribution in [0.15, 0.2) is 73.0 Å². The van der Waals surface area contributed by atoms with Gasteiger partial charge in [-0.05, 0) is 47.6 Å². The van der Waals surface area contributed by atoms with Gasteiger partial charge in [0.15, 0.2) is 5.60 Å². The van der Waals surface area contributed by atoms with Crippen LogP contribution < -0.4 is 4.74 Å². The van der Waals surface area contributed by atoms with E-state index in [0.29, 0.717) is 0 Å². The van der Waals surface area contributed by atoms with E-state index in [1.807, 2.05) is 18.2 Å². The fourth-order valence-corrected chi connectivity index (χ4v) is 4.02. The van der Waals surface area contributed by atoms with E-state index in [1.54, 1.807) is 13.4 Å². The van der Waals surface area contributed by atoms with Crippen LogP contribution in [-0.4, -0.2) is 12.1 Å². The lowest BCUT2D eigenvalue weighted by Crippen LogP contribution is -2.30. The second-order valence-electron chi connectivity index (χ2n) is 6.73. The summed E-state index contributed by atoms with van der Waals surface area (Å²) in [5, 5.41) is 1.14. The SMILES string of the molecule is COc1ccc2[nH]c3c(c2c1)C1(C=CC=CO1)CC(c1ccccc1)=C3. The second kappa shape index (κ2) is 5.67. The molecule has 1 spiro atoms. The van der Waals surface area contributed by atoms with Crippen molar-refractivity contribution in [3.8, 4) is 5.75 Å². The van der Waals surface area contributed by atoms with Crippen LogP contribution in [0.1, 0.15) is 23.2 Å². The highest BCUT2D eigenvalue weighted by molar-refractivity contribution is 5.95. The average molecular weight is 341 g/mol. The second-order valence-corrected chi connectivity index (χ2v) is 6.73. The van der Waals surface area contributed by atoms with Crippen molar-refractivity contribution in [2.75, 3.05) is 7.11 Å². The van der Waals surface area contributed by atoms with E-state index in [9.17, 15) is 0 Å². The van der Waals surface area contributed by atoms with Crippen molar-refractivity contribution in [2.45, 2.75) is 12.0 Å². The lowest BCUT2D eigenvalue weighted by atomic mass is 9.78. The Kier molecular flexibility index (Phi) is 3.29. The molecule has 5 rings (SSSR count). The first-order valence-corrected chi connectivity index (χ1v) is 8.77. The number of aromatic nitrogens is 1. The molecule has 0 fully saturated rings. The van der Waals surface area contributed by atoms with Crippen LogP contribution in [-0.2, 0) is 10.3 Å². The highest BCUT2D eigenvalue weighted by atomic mass is 16.5. The van der Waals surface area contributed by atoms with E-state index >= 15 is 0 Å². The fraction of sp³-hybridized carbons (Fsp3) is 0.130. The molecule has 26 heavy (non-hydrogen) atoms. The summed E-state index contributed by atoms with van der Waals surface area (Å²) in [5.41, 5.74) is 5.34. The van der Waals surface area contributed by atoms with E-state index in [0.717, 1.165) is 28.8 Å². The number of benzene rings is 2. The maximum atomic E-state index is 6.26. The molecule has 1 aliphatic heterocycles. The third-order valence-electron chi connectivity index (χ3n) is 5.21. The van der Waals surface area contributed by atoms with Gasteiger partial charge in [-0.15, -0.1) is 0 Å². The summed E-state index contributed by atoms with van der Waals surface area (Å²) in [6.07, 6.45) is 11.0. The minimum atomic E-state index is -0.505. The van der Waals surface area contributed by atoms with Gasteiger partial charge in [0.05, 0.1) is 13.4 Å². The Morgan fingerprint density at radius 1 is 1.08 bits per heavy atom. The van der Waals surface area contributed by atoms with Crippen LogP contribution >= 0.6 is 0 Å². The van der Waals surface area contributed by atoms with Gasteiger partial charge in [0.2, 0.25) is 0 Å². The van der Waals surface area contributed by atoms with Crippen LogP contribution in [0.4, 0.5) is 0 Å². The zero-order valence-electron chi connectivity index (χ0n) is 14.5. The molecule has 1 aromatic heterocycles. The molecule has 1 aliphatic carbocycles. The van der Waals surface area contributed by atoms with E-state index in [1.165, 1.54) is 16.7 Å². The Morgan fingerprint density at radius 3 is 2.73 bits per heavy atom. The summed E-state index contributed by atoms with van der Waals surface area (Å²) in [7, 11) is 1.70. The molecule has 3 heteroatoms. The molecule has 3 nitrogen and oxygen atoms in total. The molecule has 0 amide bonds. The lowest BCUT2D eigenvalue weighted by Gasteiger charge is -2.36. The summed E-state index contributed by atoms with van der Waals surface area (Å²) in [6.45, 7) is 0. The molecule has 1 atom stereocenters. The molecule has 0 bridgehead atoms. The van der Waals surface area contributed by atoms with Crippen LogP contribution in [0.25, 0.3) is 22.6 Å². The highest BCUT2D eigenvalue weighted by Crippen LogP contribution is 2.48. The standard InChI is InChI=1S/C23H19NO2/c1-25-18-9-10-20-19(14-18)22-21(24-20)13-17(16-7-3-2-4-8-16)15-23(22)11-5-6-12-26-23/h2-14,24H,15H2,1H3. The predicted octanol–water partition coefficient (Wildman–Crippen LogP) is 5.42. The zero-order chi connectivity index (χ0) is 17.6. The number of methoxy groups -OCH3 is 1. The summed E-state index contributed by atoms with van der Waals surface area (Å²) in [5.74, 6) is 0.850. The lowest BCUT2D eigenvalue weighted by molar-refractivity contribution is 0.0678. The number of H-pyrrole nitrogens is 1. The molecule has 1 unspecified atom stereocenters. The van der Waals surface area contributed by atoms with Crippen molar-refractivity contribution in [2.24, 2.45) is 0 Å². The predicted molar refractivity (Wildman–Crippen MR) is 105 cm³/mol. The molecule has 1 N–H and O–H groups in total. The maximum Gasteiger partial charge on any atom is 0.158 e. The van der Waals surface area contributed by atoms with Gasteiger partial charge in [0.1, 0.15) is 5.75 Å². The van der Waals surface area contributed by atoms with Crippen molar-refractivity contribution in [3.05, 3.63) is 89.8 Å². The Labute approximate surface area is 152 Å². The van der Waals surface area contributed by atoms with Gasteiger partial charge in [-0.25, -0.2) is 0 Å². The quantitative estimate of drug-likeness (QED) is 0.676. The van der Waals surface area contributed by atoms with Crippen LogP contribution in [0.2, 0.25) is 0 Å². The number of aromatic amines is 1. The average Bonchev–Trinajstić information content (AvgIpc) is 3.07. The van der Waals surface area contributed by atoms with Crippen molar-refractivity contribution in [1.82, 2.24) is 4.98 Å². The number of ether oxygens (including phenoxy) is 2. The Bertz CT molecular complexity index is 1070. The molecule has 0 radical (unpaired) electrons. The first kappa shape index (κ1) is 15.1. The van der Waals surface area contributed by atoms with Crippen LogP contribution in [0.5, 0.6) is 5.75 Å². The van der Waals surface area contributed by atoms with Crippen LogP contribution in [0, 0.1) is 0 Å². The Morgan fingerprint density at radius 2 is 1.96 bits per heavy atom. The van der Waals surface area contributed by atoms with E-state index in [4.69, 9.17) is 9.47 Å². The Balaban J connectivity index is 1.78. The number of hydrogen-bond donors (Lipinski definition) is 1. The topological polar surface area (TPSA) is 34.2 Å². The molecule has 0 saturated heterocycles. The largest absolute Gasteiger partial charge is 0.497 e. The highest BCUT2D eigenvalue weighted by Gasteiger charge is 2.40. The number of hydrogen-bond acceptors (Lipinski definition) is 2. The number of fused-ring (bicyclic) bond motifs is 4. The van der Waals surface area contributed by atoms with Crippen molar-refractivity contribution < 1.29 is 9.47 Å². The van der Waals surface area contributed by atoms with Gasteiger partial charge in [-0.2, -0.15) is 0 Å². The van der Waals surface area contributed by atoms with Crippen molar-refractivity contribution >= 4 is 22.6 Å². The molecular formula is C23H19NO2. The van der Waals surface area contributed by atoms with Gasteiger partial charge in [-0.1, -0.05) is 36.4 Å². The molecule has 128 valence electrons. The molecule has 0 saturated carbocycles. The molecule has 2 aliphatic rings. The van der Waals surface area contributed by atoms with Gasteiger partial charge < -0.3 is 14.5 Å². The van der Waals surface area contributed by atoms with Crippen LogP contribution in [0.3, 0.4) is 0 Å². The minimum absolute atomic E-state index is 0.505. The van der Waals surface area contributed by atoms with Gasteiger partial charge in [-0.3, -0.25) is 0 Å². The summed E-state index contributed by atoms with van der Waals surface area (Å²) in [6, 6.07) is 16.6. The zero-order valence-corrected chi connectivity index (χ0v) is 14.5. The van der Waals surface area contributed by atoms with Gasteiger partial charge in [0, 0.05) is 28.6 Å². The first-order chi connectivity index (χ1) is 12.8. The monoisotopic (exact) mass is 341 g/mol. The normalized spacial score (nSPS) is 20.7. The molecule has 2 aromatic carbocycles. The maximum absolute atomic E-state index is 6.26. The van der Waals surface area contributed by atoms with Crippen molar-refractivity contribution in [1.29, 1.82) is 0 Å². The van der Waals surface area contributed by atoms with E-state index in [-0.39, 0.29) is 0 Å². The molecular weight excluding hydrogens is 322 g/mol. The minimum Gasteiger partial charge on any atom is -0.497 e. The number of nitrogens with one attached hydrogen (secondary N) is 1. The summed E-state index contributed by atoms with van der Waals surface area (Å²) in [4.78, 5) is 3.57. The molecule has 2 heterocycles. The van der Waals surface area contributed by atoms with E-state index < -0.39 is 5.60 Å². The molecule has 3 aromatic rings. The number of allylic oxidation sites excluding steroid dienone is 2. The Hall–Kier alpha value is -3.20. The smallest absolute Gasteiger partial charge is 0.158 e. The third-order valence-corrected chi connectivity index (χ3v) is 5.21. The summed E-state index contributed by atoms with van der Waals surface area (Å²) >= 11 is 0. The third kappa shape index (κ3) is 2.21. The first-order valence-electron chi connectivity index (χ1n) is 8.77.